The molecule has 0 aliphatic heterocycles. The van der Waals surface area contributed by atoms with Gasteiger partial charge >= 0.3 is 0 Å². The number of methoxy groups -OCH3 is 1. The molecule has 0 aliphatic rings. The maximum Gasteiger partial charge on any atom is 0.182 e. The number of aromatic hydroxyl groups is 1. The smallest absolute Gasteiger partial charge is 0.182 e. The van der Waals surface area contributed by atoms with Crippen LogP contribution in [0.4, 0.5) is 4.39 Å². The third-order valence-corrected chi connectivity index (χ3v) is 1.81. The maximum atomic E-state index is 12.9. The number of halogens is 1. The largest absolute Gasteiger partial charge is 0.507 e. The van der Waals surface area contributed by atoms with Gasteiger partial charge in [0.15, 0.2) is 5.78 Å². The normalized spacial score (nSPS) is 9.40. The Morgan fingerprint density at radius 3 is 2.87 bits per heavy atom. The minimum absolute atomic E-state index is 0.0206. The molecule has 3 nitrogen and oxygen atoms in total. The van der Waals surface area contributed by atoms with Crippen molar-refractivity contribution < 1.29 is 19.0 Å². The molecule has 1 aromatic carbocycles. The highest BCUT2D eigenvalue weighted by Crippen LogP contribution is 2.30. The number of ketones is 1. The molecule has 0 amide bonds. The van der Waals surface area contributed by atoms with Crippen LogP contribution in [0.5, 0.6) is 11.5 Å². The molecular weight excluding hydrogens is 199 g/mol. The summed E-state index contributed by atoms with van der Waals surface area (Å²) in [4.78, 5) is 11.5. The van der Waals surface area contributed by atoms with Crippen molar-refractivity contribution in [3.8, 4) is 23.8 Å². The zero-order chi connectivity index (χ0) is 11.4. The van der Waals surface area contributed by atoms with E-state index < -0.39 is 17.3 Å². The number of rotatable bonds is 3. The summed E-state index contributed by atoms with van der Waals surface area (Å²) in [6.07, 6.45) is 4.80. The van der Waals surface area contributed by atoms with Crippen LogP contribution in [0.25, 0.3) is 0 Å². The van der Waals surface area contributed by atoms with Crippen molar-refractivity contribution in [3.05, 3.63) is 23.5 Å². The highest BCUT2D eigenvalue weighted by atomic mass is 19.1. The average Bonchev–Trinajstić information content (AvgIpc) is 2.16. The number of carbonyl (C=O) groups is 1. The number of phenols is 1. The van der Waals surface area contributed by atoms with E-state index in [-0.39, 0.29) is 17.7 Å². The first kappa shape index (κ1) is 11.1. The van der Waals surface area contributed by atoms with Gasteiger partial charge in [0, 0.05) is 12.1 Å². The molecule has 0 fully saturated rings. The number of Topliss-reactive ketones (excluding diaryl/α,β-unsaturated/α-hetero) is 1. The Bertz CT molecular complexity index is 432. The molecule has 0 bridgehead atoms. The number of phenolic OH excluding ortho intramolecular Hbond substituents is 1. The van der Waals surface area contributed by atoms with E-state index in [1.807, 2.05) is 0 Å². The number of hydrogen-bond acceptors (Lipinski definition) is 3. The van der Waals surface area contributed by atoms with Gasteiger partial charge < -0.3 is 9.84 Å². The van der Waals surface area contributed by atoms with Crippen LogP contribution >= 0.6 is 0 Å². The SMILES string of the molecule is C#CCC(=O)c1c(O)cc(F)cc1OC. The molecule has 1 N–H and O–H groups in total. The highest BCUT2D eigenvalue weighted by Gasteiger charge is 2.17. The minimum atomic E-state index is -0.679. The number of carbonyl (C=O) groups excluding carboxylic acids is 1. The van der Waals surface area contributed by atoms with Gasteiger partial charge in [0.25, 0.3) is 0 Å². The average molecular weight is 208 g/mol. The van der Waals surface area contributed by atoms with Crippen molar-refractivity contribution >= 4 is 5.78 Å². The van der Waals surface area contributed by atoms with Gasteiger partial charge in [-0.3, -0.25) is 4.79 Å². The first-order valence-corrected chi connectivity index (χ1v) is 4.13. The topological polar surface area (TPSA) is 46.5 Å². The van der Waals surface area contributed by atoms with Gasteiger partial charge in [-0.05, 0) is 0 Å². The van der Waals surface area contributed by atoms with Gasteiger partial charge in [-0.15, -0.1) is 6.42 Å². The Labute approximate surface area is 86.5 Å². The number of ether oxygens (including phenoxy) is 1. The molecule has 0 atom stereocenters. The van der Waals surface area contributed by atoms with Crippen molar-refractivity contribution in [1.29, 1.82) is 0 Å². The summed E-state index contributed by atoms with van der Waals surface area (Å²) in [5, 5.41) is 9.39. The second kappa shape index (κ2) is 4.47. The molecule has 78 valence electrons. The van der Waals surface area contributed by atoms with Crippen molar-refractivity contribution in [2.45, 2.75) is 6.42 Å². The fourth-order valence-electron chi connectivity index (χ4n) is 1.19. The van der Waals surface area contributed by atoms with Crippen LogP contribution in [0.2, 0.25) is 0 Å². The summed E-state index contributed by atoms with van der Waals surface area (Å²) < 4.78 is 17.6. The lowest BCUT2D eigenvalue weighted by Crippen LogP contribution is -2.02. The van der Waals surface area contributed by atoms with Crippen LogP contribution < -0.4 is 4.74 Å². The van der Waals surface area contributed by atoms with Crippen molar-refractivity contribution in [3.63, 3.8) is 0 Å². The highest BCUT2D eigenvalue weighted by molar-refractivity contribution is 6.02. The quantitative estimate of drug-likeness (QED) is 0.608. The van der Waals surface area contributed by atoms with Crippen molar-refractivity contribution in [1.82, 2.24) is 0 Å². The molecule has 1 aromatic rings. The molecule has 0 aliphatic carbocycles. The van der Waals surface area contributed by atoms with E-state index in [9.17, 15) is 14.3 Å². The van der Waals surface area contributed by atoms with E-state index in [1.165, 1.54) is 7.11 Å². The zero-order valence-corrected chi connectivity index (χ0v) is 8.08. The van der Waals surface area contributed by atoms with Gasteiger partial charge in [0.2, 0.25) is 0 Å². The molecule has 0 radical (unpaired) electrons. The lowest BCUT2D eigenvalue weighted by molar-refractivity contribution is 0.0992. The van der Waals surface area contributed by atoms with Crippen LogP contribution in [0.15, 0.2) is 12.1 Å². The van der Waals surface area contributed by atoms with E-state index in [2.05, 4.69) is 5.92 Å². The summed E-state index contributed by atoms with van der Waals surface area (Å²) in [6, 6.07) is 1.86. The van der Waals surface area contributed by atoms with Crippen LogP contribution in [0.1, 0.15) is 16.8 Å². The molecule has 4 heteroatoms. The third-order valence-electron chi connectivity index (χ3n) is 1.81. The molecule has 0 unspecified atom stereocenters. The number of terminal acetylenes is 1. The molecule has 15 heavy (non-hydrogen) atoms. The van der Waals surface area contributed by atoms with Crippen molar-refractivity contribution in [2.75, 3.05) is 7.11 Å². The summed E-state index contributed by atoms with van der Waals surface area (Å²) in [7, 11) is 1.28. The lowest BCUT2D eigenvalue weighted by atomic mass is 10.1. The third kappa shape index (κ3) is 2.26. The fraction of sp³-hybridized carbons (Fsp3) is 0.182. The first-order valence-electron chi connectivity index (χ1n) is 4.13. The Morgan fingerprint density at radius 2 is 2.33 bits per heavy atom. The number of benzene rings is 1. The van der Waals surface area contributed by atoms with E-state index >= 15 is 0 Å². The van der Waals surface area contributed by atoms with Gasteiger partial charge in [-0.2, -0.15) is 0 Å². The van der Waals surface area contributed by atoms with Gasteiger partial charge in [-0.1, -0.05) is 5.92 Å². The first-order chi connectivity index (χ1) is 7.10. The van der Waals surface area contributed by atoms with E-state index in [4.69, 9.17) is 11.2 Å². The Morgan fingerprint density at radius 1 is 1.67 bits per heavy atom. The van der Waals surface area contributed by atoms with E-state index in [0.717, 1.165) is 12.1 Å². The second-order valence-electron chi connectivity index (χ2n) is 2.81. The predicted molar refractivity (Wildman–Crippen MR) is 52.4 cm³/mol. The van der Waals surface area contributed by atoms with Crippen LogP contribution in [0, 0.1) is 18.2 Å². The summed E-state index contributed by atoms with van der Waals surface area (Å²) in [5.41, 5.74) is -0.0862. The van der Waals surface area contributed by atoms with Gasteiger partial charge in [0.1, 0.15) is 22.9 Å². The predicted octanol–water partition coefficient (Wildman–Crippen LogP) is 1.75. The molecule has 0 saturated heterocycles. The summed E-state index contributed by atoms with van der Waals surface area (Å²) >= 11 is 0. The maximum absolute atomic E-state index is 12.9. The lowest BCUT2D eigenvalue weighted by Gasteiger charge is -2.08. The monoisotopic (exact) mass is 208 g/mol. The van der Waals surface area contributed by atoms with E-state index in [1.54, 1.807) is 0 Å². The minimum Gasteiger partial charge on any atom is -0.507 e. The van der Waals surface area contributed by atoms with Gasteiger partial charge in [-0.25, -0.2) is 4.39 Å². The molecule has 1 rings (SSSR count). The second-order valence-corrected chi connectivity index (χ2v) is 2.81. The Hall–Kier alpha value is -2.02. The standard InChI is InChI=1S/C11H9FO3/c1-3-4-8(13)11-9(14)5-7(12)6-10(11)15-2/h1,5-6,14H,4H2,2H3. The van der Waals surface area contributed by atoms with Crippen LogP contribution in [-0.4, -0.2) is 18.0 Å². The molecular formula is C11H9FO3. The Kier molecular flexibility index (Phi) is 3.29. The van der Waals surface area contributed by atoms with E-state index in [0.29, 0.717) is 0 Å². The van der Waals surface area contributed by atoms with Crippen LogP contribution in [-0.2, 0) is 0 Å². The van der Waals surface area contributed by atoms with Crippen molar-refractivity contribution in [2.24, 2.45) is 0 Å². The van der Waals surface area contributed by atoms with Gasteiger partial charge in [0.05, 0.1) is 13.5 Å². The molecule has 0 saturated carbocycles. The Balaban J connectivity index is 3.27. The molecule has 0 spiro atoms. The number of hydrogen-bond donors (Lipinski definition) is 1. The molecule has 0 aromatic heterocycles. The summed E-state index contributed by atoms with van der Waals surface area (Å²) in [6.45, 7) is 0. The fourth-order valence-corrected chi connectivity index (χ4v) is 1.19. The van der Waals surface area contributed by atoms with Crippen LogP contribution in [0.3, 0.4) is 0 Å². The summed E-state index contributed by atoms with van der Waals surface area (Å²) in [5.74, 6) is 0.504. The molecule has 0 heterocycles. The zero-order valence-electron chi connectivity index (χ0n) is 8.08.